The van der Waals surface area contributed by atoms with Gasteiger partial charge in [-0.3, -0.25) is 9.59 Å². The maximum atomic E-state index is 12.8. The van der Waals surface area contributed by atoms with Crippen LogP contribution in [0.15, 0.2) is 48.2 Å². The van der Waals surface area contributed by atoms with Gasteiger partial charge in [-0.05, 0) is 29.8 Å². The maximum absolute atomic E-state index is 12.8. The minimum atomic E-state index is -0.445. The number of ether oxygens (including phenoxy) is 2. The van der Waals surface area contributed by atoms with Crippen molar-refractivity contribution < 1.29 is 24.2 Å². The second kappa shape index (κ2) is 5.61. The third kappa shape index (κ3) is 2.26. The number of rotatable bonds is 3. The summed E-state index contributed by atoms with van der Waals surface area (Å²) in [4.78, 5) is 25.4. The quantitative estimate of drug-likeness (QED) is 0.943. The highest BCUT2D eigenvalue weighted by Gasteiger charge is 2.35. The minimum Gasteiger partial charge on any atom is -0.507 e. The number of hydrogen-bond acceptors (Lipinski definition) is 5. The first-order valence-corrected chi connectivity index (χ1v) is 6.92. The molecule has 5 heteroatoms. The smallest absolute Gasteiger partial charge is 0.229 e. The van der Waals surface area contributed by atoms with Crippen molar-refractivity contribution in [2.24, 2.45) is 0 Å². The fraction of sp³-hybridized carbons (Fsp3) is 0.111. The zero-order chi connectivity index (χ0) is 16.6. The maximum Gasteiger partial charge on any atom is 0.229 e. The number of carbonyl (C=O) groups excluding carboxylic acids is 2. The number of carbonyl (C=O) groups is 2. The van der Waals surface area contributed by atoms with Crippen LogP contribution < -0.4 is 4.74 Å². The third-order valence-corrected chi connectivity index (χ3v) is 3.76. The number of benzene rings is 2. The van der Waals surface area contributed by atoms with Gasteiger partial charge < -0.3 is 14.6 Å². The van der Waals surface area contributed by atoms with Gasteiger partial charge in [-0.2, -0.15) is 0 Å². The fourth-order valence-corrected chi connectivity index (χ4v) is 2.65. The number of fused-ring (bicyclic) bond motifs is 1. The van der Waals surface area contributed by atoms with Gasteiger partial charge in [0.1, 0.15) is 11.5 Å². The van der Waals surface area contributed by atoms with Crippen LogP contribution in [0.3, 0.4) is 0 Å². The van der Waals surface area contributed by atoms with E-state index in [0.29, 0.717) is 11.3 Å². The SMILES string of the molecule is COC1=C(c2ccc(OC)cc2)C(=O)c2c(O)cccc2C1=O. The van der Waals surface area contributed by atoms with E-state index in [1.54, 1.807) is 31.4 Å². The van der Waals surface area contributed by atoms with Gasteiger partial charge in [-0.25, -0.2) is 0 Å². The number of aromatic hydroxyl groups is 1. The fourth-order valence-electron chi connectivity index (χ4n) is 2.65. The van der Waals surface area contributed by atoms with Crippen LogP contribution in [0, 0.1) is 0 Å². The number of ketones is 2. The Kier molecular flexibility index (Phi) is 3.62. The summed E-state index contributed by atoms with van der Waals surface area (Å²) in [5.41, 5.74) is 0.803. The second-order valence-corrected chi connectivity index (χ2v) is 4.99. The minimum absolute atomic E-state index is 0.00381. The zero-order valence-corrected chi connectivity index (χ0v) is 12.6. The molecule has 0 atom stereocenters. The summed E-state index contributed by atoms with van der Waals surface area (Å²) >= 11 is 0. The molecular formula is C18H14O5. The summed E-state index contributed by atoms with van der Waals surface area (Å²) in [6.45, 7) is 0. The molecule has 1 aliphatic carbocycles. The molecule has 3 rings (SSSR count). The molecule has 1 N–H and O–H groups in total. The molecule has 0 radical (unpaired) electrons. The average molecular weight is 310 g/mol. The Balaban J connectivity index is 2.22. The van der Waals surface area contributed by atoms with E-state index in [0.717, 1.165) is 0 Å². The lowest BCUT2D eigenvalue weighted by Gasteiger charge is -2.21. The van der Waals surface area contributed by atoms with Gasteiger partial charge >= 0.3 is 0 Å². The van der Waals surface area contributed by atoms with Crippen LogP contribution in [0.1, 0.15) is 26.3 Å². The van der Waals surface area contributed by atoms with Crippen LogP contribution in [0.25, 0.3) is 5.57 Å². The van der Waals surface area contributed by atoms with Crippen LogP contribution in [-0.4, -0.2) is 30.9 Å². The first kappa shape index (κ1) is 14.8. The van der Waals surface area contributed by atoms with Crippen molar-refractivity contribution in [3.63, 3.8) is 0 Å². The summed E-state index contributed by atoms with van der Waals surface area (Å²) in [5.74, 6) is -0.491. The number of phenols is 1. The molecule has 0 saturated heterocycles. The van der Waals surface area contributed by atoms with Crippen molar-refractivity contribution in [1.29, 1.82) is 0 Å². The van der Waals surface area contributed by atoms with E-state index in [2.05, 4.69) is 0 Å². The van der Waals surface area contributed by atoms with E-state index in [9.17, 15) is 14.7 Å². The Morgan fingerprint density at radius 3 is 2.17 bits per heavy atom. The van der Waals surface area contributed by atoms with E-state index in [1.165, 1.54) is 25.3 Å². The first-order valence-electron chi connectivity index (χ1n) is 6.92. The lowest BCUT2D eigenvalue weighted by Crippen LogP contribution is -2.22. The molecule has 0 heterocycles. The topological polar surface area (TPSA) is 72.8 Å². The van der Waals surface area contributed by atoms with Crippen molar-refractivity contribution in [3.05, 3.63) is 64.9 Å². The molecule has 0 amide bonds. The van der Waals surface area contributed by atoms with Crippen LogP contribution >= 0.6 is 0 Å². The standard InChI is InChI=1S/C18H14O5/c1-22-11-8-6-10(7-9-11)14-17(21)15-12(4-3-5-13(15)19)16(20)18(14)23-2/h3-9,19H,1-2H3. The molecule has 23 heavy (non-hydrogen) atoms. The molecule has 0 unspecified atom stereocenters. The molecule has 0 bridgehead atoms. The summed E-state index contributed by atoms with van der Waals surface area (Å²) in [7, 11) is 2.89. The lowest BCUT2D eigenvalue weighted by molar-refractivity contribution is 0.0923. The molecule has 0 aliphatic heterocycles. The van der Waals surface area contributed by atoms with Gasteiger partial charge in [0.05, 0.1) is 25.4 Å². The molecule has 1 aliphatic rings. The van der Waals surface area contributed by atoms with Gasteiger partial charge in [0.2, 0.25) is 11.6 Å². The number of hydrogen-bond donors (Lipinski definition) is 1. The highest BCUT2D eigenvalue weighted by atomic mass is 16.5. The highest BCUT2D eigenvalue weighted by Crippen LogP contribution is 2.36. The number of allylic oxidation sites excluding steroid dienone is 2. The molecule has 0 fully saturated rings. The molecule has 0 spiro atoms. The monoisotopic (exact) mass is 310 g/mol. The second-order valence-electron chi connectivity index (χ2n) is 4.99. The molecular weight excluding hydrogens is 296 g/mol. The summed E-state index contributed by atoms with van der Waals surface area (Å²) in [5, 5.41) is 9.99. The molecule has 116 valence electrons. The number of methoxy groups -OCH3 is 2. The molecule has 2 aromatic rings. The van der Waals surface area contributed by atoms with Gasteiger partial charge in [-0.1, -0.05) is 18.2 Å². The van der Waals surface area contributed by atoms with Crippen LogP contribution in [0.2, 0.25) is 0 Å². The van der Waals surface area contributed by atoms with Gasteiger partial charge in [0.25, 0.3) is 0 Å². The predicted octanol–water partition coefficient (Wildman–Crippen LogP) is 2.84. The highest BCUT2D eigenvalue weighted by molar-refractivity contribution is 6.40. The van der Waals surface area contributed by atoms with Crippen molar-refractivity contribution in [1.82, 2.24) is 0 Å². The van der Waals surface area contributed by atoms with Crippen molar-refractivity contribution in [2.75, 3.05) is 14.2 Å². The summed E-state index contributed by atoms with van der Waals surface area (Å²) in [6, 6.07) is 11.1. The Morgan fingerprint density at radius 1 is 0.870 bits per heavy atom. The predicted molar refractivity (Wildman–Crippen MR) is 83.7 cm³/mol. The number of Topliss-reactive ketones (excluding diaryl/α,β-unsaturated/α-hetero) is 2. The zero-order valence-electron chi connectivity index (χ0n) is 12.6. The summed E-state index contributed by atoms with van der Waals surface area (Å²) in [6.07, 6.45) is 0. The Morgan fingerprint density at radius 2 is 1.57 bits per heavy atom. The molecule has 2 aromatic carbocycles. The first-order chi connectivity index (χ1) is 11.1. The normalized spacial score (nSPS) is 13.8. The molecule has 0 aromatic heterocycles. The average Bonchev–Trinajstić information content (AvgIpc) is 2.57. The Hall–Kier alpha value is -3.08. The van der Waals surface area contributed by atoms with E-state index < -0.39 is 11.6 Å². The van der Waals surface area contributed by atoms with Crippen molar-refractivity contribution in [3.8, 4) is 11.5 Å². The molecule has 0 saturated carbocycles. The lowest BCUT2D eigenvalue weighted by atomic mass is 9.84. The van der Waals surface area contributed by atoms with Gasteiger partial charge in [-0.15, -0.1) is 0 Å². The van der Waals surface area contributed by atoms with E-state index >= 15 is 0 Å². The van der Waals surface area contributed by atoms with E-state index in [1.807, 2.05) is 0 Å². The van der Waals surface area contributed by atoms with Crippen LogP contribution in [0.5, 0.6) is 11.5 Å². The van der Waals surface area contributed by atoms with Gasteiger partial charge in [0, 0.05) is 5.56 Å². The third-order valence-electron chi connectivity index (χ3n) is 3.76. The van der Waals surface area contributed by atoms with Crippen molar-refractivity contribution in [2.45, 2.75) is 0 Å². The Labute approximate surface area is 132 Å². The van der Waals surface area contributed by atoms with Crippen LogP contribution in [0.4, 0.5) is 0 Å². The van der Waals surface area contributed by atoms with Crippen LogP contribution in [-0.2, 0) is 4.74 Å². The summed E-state index contributed by atoms with van der Waals surface area (Å²) < 4.78 is 10.3. The number of phenolic OH excluding ortho intramolecular Hbond substituents is 1. The van der Waals surface area contributed by atoms with Crippen molar-refractivity contribution >= 4 is 17.1 Å². The van der Waals surface area contributed by atoms with Gasteiger partial charge in [0.15, 0.2) is 5.76 Å². The largest absolute Gasteiger partial charge is 0.507 e. The molecule has 5 nitrogen and oxygen atoms in total. The van der Waals surface area contributed by atoms with E-state index in [4.69, 9.17) is 9.47 Å². The van der Waals surface area contributed by atoms with E-state index in [-0.39, 0.29) is 28.2 Å². The Bertz CT molecular complexity index is 831.